The zero-order valence-corrected chi connectivity index (χ0v) is 26.7. The lowest BCUT2D eigenvalue weighted by molar-refractivity contribution is -0.122. The Labute approximate surface area is 275 Å². The predicted octanol–water partition coefficient (Wildman–Crippen LogP) is 6.81. The minimum Gasteiger partial charge on any atom is -0.497 e. The van der Waals surface area contributed by atoms with Gasteiger partial charge < -0.3 is 10.1 Å². The van der Waals surface area contributed by atoms with Crippen molar-refractivity contribution in [2.24, 2.45) is 5.92 Å². The number of rotatable bonds is 6. The number of thioether (sulfide) groups is 1. The van der Waals surface area contributed by atoms with Crippen LogP contribution in [0.25, 0.3) is 10.8 Å². The molecule has 1 aromatic heterocycles. The SMILES string of the molecule is COc1ccc(N2C(=O)[C@H]3[C@H](c4cccc(Cl)c4Cl)c4sc(=O)n(CC(=O)Nc5ccc6ccccc6c5)c4S[C@H]3C2=O)cc1. The van der Waals surface area contributed by atoms with Crippen LogP contribution >= 0.6 is 46.3 Å². The number of ether oxygens (including phenoxy) is 1. The number of aromatic nitrogens is 1. The molecule has 0 spiro atoms. The summed E-state index contributed by atoms with van der Waals surface area (Å²) in [6.45, 7) is -0.276. The van der Waals surface area contributed by atoms with Gasteiger partial charge in [-0.1, -0.05) is 88.8 Å². The van der Waals surface area contributed by atoms with Crippen LogP contribution < -0.4 is 19.8 Å². The number of thiazole rings is 1. The van der Waals surface area contributed by atoms with Crippen LogP contribution in [0.2, 0.25) is 10.0 Å². The fourth-order valence-corrected chi connectivity index (χ4v) is 9.14. The molecule has 5 aromatic rings. The van der Waals surface area contributed by atoms with Crippen LogP contribution in [0.1, 0.15) is 16.4 Å². The van der Waals surface area contributed by atoms with Gasteiger partial charge in [-0.15, -0.1) is 0 Å². The van der Waals surface area contributed by atoms with Gasteiger partial charge in [0.05, 0.1) is 33.8 Å². The molecule has 7 rings (SSSR count). The highest BCUT2D eigenvalue weighted by atomic mass is 35.5. The van der Waals surface area contributed by atoms with E-state index in [0.717, 1.165) is 33.9 Å². The Morgan fingerprint density at radius 2 is 1.67 bits per heavy atom. The molecule has 0 bridgehead atoms. The zero-order chi connectivity index (χ0) is 31.4. The molecular weight excluding hydrogens is 653 g/mol. The van der Waals surface area contributed by atoms with E-state index in [9.17, 15) is 19.2 Å². The molecule has 2 aliphatic heterocycles. The van der Waals surface area contributed by atoms with Crippen LogP contribution in [0.15, 0.2) is 94.7 Å². The summed E-state index contributed by atoms with van der Waals surface area (Å²) >= 11 is 15.2. The van der Waals surface area contributed by atoms with Crippen molar-refractivity contribution >= 4 is 86.2 Å². The minimum absolute atomic E-state index is 0.241. The van der Waals surface area contributed by atoms with E-state index in [0.29, 0.717) is 32.6 Å². The summed E-state index contributed by atoms with van der Waals surface area (Å²) in [7, 11) is 1.53. The molecule has 0 saturated carbocycles. The predicted molar refractivity (Wildman–Crippen MR) is 178 cm³/mol. The highest BCUT2D eigenvalue weighted by Crippen LogP contribution is 2.55. The number of hydrogen-bond donors (Lipinski definition) is 1. The van der Waals surface area contributed by atoms with Gasteiger partial charge in [-0.3, -0.25) is 23.7 Å². The number of amides is 3. The molecular formula is C33H23Cl2N3O5S2. The fraction of sp³-hybridized carbons (Fsp3) is 0.152. The average molecular weight is 677 g/mol. The van der Waals surface area contributed by atoms with E-state index in [2.05, 4.69) is 5.32 Å². The Morgan fingerprint density at radius 3 is 2.42 bits per heavy atom. The number of nitrogens with zero attached hydrogens (tertiary/aromatic N) is 2. The summed E-state index contributed by atoms with van der Waals surface area (Å²) in [5.74, 6) is -2.23. The summed E-state index contributed by atoms with van der Waals surface area (Å²) in [5, 5.41) is 5.01. The van der Waals surface area contributed by atoms with Crippen molar-refractivity contribution < 1.29 is 19.1 Å². The van der Waals surface area contributed by atoms with Crippen molar-refractivity contribution in [2.45, 2.75) is 22.7 Å². The molecule has 0 radical (unpaired) electrons. The van der Waals surface area contributed by atoms with Crippen molar-refractivity contribution in [3.05, 3.63) is 115 Å². The second-order valence-corrected chi connectivity index (χ2v) is 13.5. The van der Waals surface area contributed by atoms with Crippen LogP contribution in [0.4, 0.5) is 11.4 Å². The molecule has 2 aliphatic rings. The van der Waals surface area contributed by atoms with Gasteiger partial charge in [-0.25, -0.2) is 4.90 Å². The molecule has 8 nitrogen and oxygen atoms in total. The van der Waals surface area contributed by atoms with Crippen LogP contribution in [0.3, 0.4) is 0 Å². The van der Waals surface area contributed by atoms with Crippen molar-refractivity contribution in [3.8, 4) is 5.75 Å². The smallest absolute Gasteiger partial charge is 0.308 e. The van der Waals surface area contributed by atoms with Crippen LogP contribution in [-0.4, -0.2) is 34.6 Å². The molecule has 1 N–H and O–H groups in total. The van der Waals surface area contributed by atoms with E-state index in [4.69, 9.17) is 27.9 Å². The number of carbonyl (C=O) groups is 3. The number of halogens is 2. The molecule has 226 valence electrons. The Kier molecular flexibility index (Phi) is 7.69. The Morgan fingerprint density at radius 1 is 0.911 bits per heavy atom. The summed E-state index contributed by atoms with van der Waals surface area (Å²) < 4.78 is 6.61. The highest BCUT2D eigenvalue weighted by molar-refractivity contribution is 8.00. The van der Waals surface area contributed by atoms with E-state index in [1.807, 2.05) is 36.4 Å². The highest BCUT2D eigenvalue weighted by Gasteiger charge is 2.57. The van der Waals surface area contributed by atoms with Gasteiger partial charge in [0.1, 0.15) is 17.5 Å². The van der Waals surface area contributed by atoms with Crippen molar-refractivity contribution in [2.75, 3.05) is 17.3 Å². The van der Waals surface area contributed by atoms with E-state index in [1.165, 1.54) is 16.6 Å². The van der Waals surface area contributed by atoms with Gasteiger partial charge in [0.25, 0.3) is 0 Å². The molecule has 3 heterocycles. The van der Waals surface area contributed by atoms with E-state index < -0.39 is 34.8 Å². The molecule has 3 amide bonds. The Bertz CT molecular complexity index is 2080. The monoisotopic (exact) mass is 675 g/mol. The molecule has 45 heavy (non-hydrogen) atoms. The third-order valence-corrected chi connectivity index (χ3v) is 11.5. The fourth-order valence-electron chi connectivity index (χ4n) is 5.95. The lowest BCUT2D eigenvalue weighted by atomic mass is 9.83. The van der Waals surface area contributed by atoms with E-state index >= 15 is 0 Å². The molecule has 1 saturated heterocycles. The molecule has 12 heteroatoms. The largest absolute Gasteiger partial charge is 0.497 e. The third kappa shape index (κ3) is 5.11. The maximum absolute atomic E-state index is 14.1. The normalized spacial score (nSPS) is 19.0. The van der Waals surface area contributed by atoms with Crippen molar-refractivity contribution in [1.82, 2.24) is 4.57 Å². The molecule has 1 fully saturated rings. The second kappa shape index (κ2) is 11.7. The summed E-state index contributed by atoms with van der Waals surface area (Å²) in [6.07, 6.45) is 0. The molecule has 0 unspecified atom stereocenters. The van der Waals surface area contributed by atoms with E-state index in [-0.39, 0.29) is 21.5 Å². The third-order valence-electron chi connectivity index (χ3n) is 8.03. The summed E-state index contributed by atoms with van der Waals surface area (Å²) in [5.41, 5.74) is 1.54. The average Bonchev–Trinajstić information content (AvgIpc) is 3.48. The second-order valence-electron chi connectivity index (χ2n) is 10.6. The van der Waals surface area contributed by atoms with Gasteiger partial charge >= 0.3 is 4.87 Å². The molecule has 4 aromatic carbocycles. The van der Waals surface area contributed by atoms with Crippen molar-refractivity contribution in [3.63, 3.8) is 0 Å². The van der Waals surface area contributed by atoms with Crippen LogP contribution in [0.5, 0.6) is 5.75 Å². The Hall–Kier alpha value is -4.09. The number of anilines is 2. The Balaban J connectivity index is 1.27. The number of fused-ring (bicyclic) bond motifs is 3. The maximum Gasteiger partial charge on any atom is 0.308 e. The number of methoxy groups -OCH3 is 1. The summed E-state index contributed by atoms with van der Waals surface area (Å²) in [6, 6.07) is 25.2. The topological polar surface area (TPSA) is 97.7 Å². The first kappa shape index (κ1) is 29.6. The van der Waals surface area contributed by atoms with Gasteiger partial charge in [0.15, 0.2) is 0 Å². The van der Waals surface area contributed by atoms with Crippen molar-refractivity contribution in [1.29, 1.82) is 0 Å². The minimum atomic E-state index is -0.865. The first-order valence-corrected chi connectivity index (χ1v) is 16.3. The zero-order valence-electron chi connectivity index (χ0n) is 23.5. The lowest BCUT2D eigenvalue weighted by Gasteiger charge is -2.31. The number of imide groups is 1. The molecule has 3 atom stereocenters. The first-order valence-electron chi connectivity index (χ1n) is 13.9. The summed E-state index contributed by atoms with van der Waals surface area (Å²) in [4.78, 5) is 56.2. The van der Waals surface area contributed by atoms with Gasteiger partial charge in [-0.2, -0.15) is 0 Å². The maximum atomic E-state index is 14.1. The standard InChI is InChI=1S/C33H23Cl2N3O5S2/c1-43-21-13-11-20(12-14-21)38-30(40)26-25(22-7-4-8-23(34)27(22)35)29-32(44-28(26)31(38)41)37(33(42)45-29)16-24(39)36-19-10-9-17-5-2-3-6-18(17)15-19/h2-15,25-26,28H,16H2,1H3,(H,36,39)/t25-,26-,28+/m0/s1. The number of hydrogen-bond acceptors (Lipinski definition) is 7. The van der Waals surface area contributed by atoms with E-state index in [1.54, 1.807) is 48.5 Å². The number of carbonyl (C=O) groups excluding carboxylic acids is 3. The van der Waals surface area contributed by atoms with Gasteiger partial charge in [-0.05, 0) is 58.8 Å². The number of nitrogens with one attached hydrogen (secondary N) is 1. The number of benzene rings is 4. The van der Waals surface area contributed by atoms with Gasteiger partial charge in [0.2, 0.25) is 17.7 Å². The van der Waals surface area contributed by atoms with Gasteiger partial charge in [0, 0.05) is 16.5 Å². The van der Waals surface area contributed by atoms with Crippen LogP contribution in [0, 0.1) is 5.92 Å². The quantitative estimate of drug-likeness (QED) is 0.199. The lowest BCUT2D eigenvalue weighted by Crippen LogP contribution is -2.33. The first-order chi connectivity index (χ1) is 21.7. The van der Waals surface area contributed by atoms with Crippen LogP contribution in [-0.2, 0) is 20.9 Å². The molecule has 0 aliphatic carbocycles.